The van der Waals surface area contributed by atoms with Gasteiger partial charge in [-0.1, -0.05) is 36.4 Å². The zero-order valence-corrected chi connectivity index (χ0v) is 11.1. The minimum Gasteiger partial charge on any atom is -0.461 e. The third-order valence-electron chi connectivity index (χ3n) is 3.67. The van der Waals surface area contributed by atoms with E-state index < -0.39 is 0 Å². The molecule has 0 spiro atoms. The van der Waals surface area contributed by atoms with E-state index in [1.54, 1.807) is 0 Å². The molecule has 0 fully saturated rings. The number of pyridine rings is 1. The predicted molar refractivity (Wildman–Crippen MR) is 81.7 cm³/mol. The standard InChI is InChI=1S/C18H13NO/c1-12-17(13-6-3-2-4-7-13)18-14-8-5-11-19-15(14)9-10-16(18)20-12/h2-11H,1H3. The monoisotopic (exact) mass is 259 g/mol. The minimum absolute atomic E-state index is 0.918. The van der Waals surface area contributed by atoms with Gasteiger partial charge in [0.2, 0.25) is 0 Å². The Bertz CT molecular complexity index is 907. The van der Waals surface area contributed by atoms with E-state index in [0.717, 1.165) is 27.6 Å². The van der Waals surface area contributed by atoms with Crippen molar-refractivity contribution in [2.75, 3.05) is 0 Å². The molecule has 0 saturated carbocycles. The van der Waals surface area contributed by atoms with Gasteiger partial charge < -0.3 is 4.42 Å². The summed E-state index contributed by atoms with van der Waals surface area (Å²) in [5, 5.41) is 2.29. The Morgan fingerprint density at radius 3 is 2.60 bits per heavy atom. The van der Waals surface area contributed by atoms with Gasteiger partial charge >= 0.3 is 0 Å². The van der Waals surface area contributed by atoms with Crippen molar-refractivity contribution >= 4 is 21.9 Å². The molecular weight excluding hydrogens is 246 g/mol. The molecule has 4 aromatic rings. The summed E-state index contributed by atoms with van der Waals surface area (Å²) in [6, 6.07) is 18.5. The Balaban J connectivity index is 2.20. The maximum absolute atomic E-state index is 5.93. The Hall–Kier alpha value is -2.61. The molecule has 0 saturated heterocycles. The van der Waals surface area contributed by atoms with E-state index in [9.17, 15) is 0 Å². The first-order valence-corrected chi connectivity index (χ1v) is 6.67. The van der Waals surface area contributed by atoms with Crippen molar-refractivity contribution in [3.63, 3.8) is 0 Å². The predicted octanol–water partition coefficient (Wildman–Crippen LogP) is 4.96. The third-order valence-corrected chi connectivity index (χ3v) is 3.67. The van der Waals surface area contributed by atoms with Crippen molar-refractivity contribution in [3.05, 3.63) is 66.6 Å². The van der Waals surface area contributed by atoms with Crippen LogP contribution in [-0.2, 0) is 0 Å². The molecular formula is C18H13NO. The van der Waals surface area contributed by atoms with Crippen LogP contribution in [0.3, 0.4) is 0 Å². The lowest BCUT2D eigenvalue weighted by atomic mass is 9.99. The number of furan rings is 1. The normalized spacial score (nSPS) is 11.2. The molecule has 0 radical (unpaired) electrons. The highest BCUT2D eigenvalue weighted by atomic mass is 16.3. The fourth-order valence-electron chi connectivity index (χ4n) is 2.82. The maximum atomic E-state index is 5.93. The van der Waals surface area contributed by atoms with Crippen LogP contribution in [0.4, 0.5) is 0 Å². The molecule has 2 heterocycles. The molecule has 0 aliphatic rings. The van der Waals surface area contributed by atoms with E-state index in [1.165, 1.54) is 11.1 Å². The van der Waals surface area contributed by atoms with Crippen LogP contribution in [0.5, 0.6) is 0 Å². The van der Waals surface area contributed by atoms with Crippen LogP contribution in [0, 0.1) is 6.92 Å². The van der Waals surface area contributed by atoms with E-state index in [1.807, 2.05) is 37.4 Å². The van der Waals surface area contributed by atoms with E-state index in [-0.39, 0.29) is 0 Å². The van der Waals surface area contributed by atoms with Crippen LogP contribution in [-0.4, -0.2) is 4.98 Å². The second-order valence-corrected chi connectivity index (χ2v) is 4.91. The van der Waals surface area contributed by atoms with Gasteiger partial charge in [-0.25, -0.2) is 0 Å². The molecule has 2 nitrogen and oxygen atoms in total. The topological polar surface area (TPSA) is 26.0 Å². The summed E-state index contributed by atoms with van der Waals surface area (Å²) in [6.45, 7) is 2.02. The van der Waals surface area contributed by atoms with Crippen molar-refractivity contribution in [1.29, 1.82) is 0 Å². The molecule has 2 aromatic heterocycles. The summed E-state index contributed by atoms with van der Waals surface area (Å²) in [4.78, 5) is 4.43. The van der Waals surface area contributed by atoms with E-state index >= 15 is 0 Å². The lowest BCUT2D eigenvalue weighted by Gasteiger charge is -2.02. The van der Waals surface area contributed by atoms with Crippen LogP contribution >= 0.6 is 0 Å². The van der Waals surface area contributed by atoms with Crippen molar-refractivity contribution in [1.82, 2.24) is 4.98 Å². The lowest BCUT2D eigenvalue weighted by molar-refractivity contribution is 0.580. The zero-order valence-electron chi connectivity index (χ0n) is 11.1. The summed E-state index contributed by atoms with van der Waals surface area (Å²) >= 11 is 0. The Labute approximate surface area is 116 Å². The Morgan fingerprint density at radius 2 is 1.75 bits per heavy atom. The first kappa shape index (κ1) is 11.2. The molecule has 2 heteroatoms. The maximum Gasteiger partial charge on any atom is 0.135 e. The zero-order chi connectivity index (χ0) is 13.5. The van der Waals surface area contributed by atoms with Crippen LogP contribution in [0.1, 0.15) is 5.76 Å². The molecule has 96 valence electrons. The van der Waals surface area contributed by atoms with Crippen molar-refractivity contribution in [2.45, 2.75) is 6.92 Å². The van der Waals surface area contributed by atoms with Gasteiger partial charge in [0.05, 0.1) is 5.52 Å². The molecule has 0 aliphatic heterocycles. The summed E-state index contributed by atoms with van der Waals surface area (Å²) in [5.74, 6) is 0.947. The number of nitrogens with zero attached hydrogens (tertiary/aromatic N) is 1. The quantitative estimate of drug-likeness (QED) is 0.483. The first-order valence-electron chi connectivity index (χ1n) is 6.67. The molecule has 0 amide bonds. The first-order chi connectivity index (χ1) is 9.84. The number of hydrogen-bond acceptors (Lipinski definition) is 2. The Morgan fingerprint density at radius 1 is 0.900 bits per heavy atom. The molecule has 0 aliphatic carbocycles. The van der Waals surface area contributed by atoms with Crippen LogP contribution in [0.2, 0.25) is 0 Å². The second-order valence-electron chi connectivity index (χ2n) is 4.91. The average molecular weight is 259 g/mol. The number of aromatic nitrogens is 1. The molecule has 0 unspecified atom stereocenters. The van der Waals surface area contributed by atoms with E-state index in [4.69, 9.17) is 4.42 Å². The van der Waals surface area contributed by atoms with Gasteiger partial charge in [0.1, 0.15) is 11.3 Å². The van der Waals surface area contributed by atoms with Crippen molar-refractivity contribution in [3.8, 4) is 11.1 Å². The molecule has 2 aromatic carbocycles. The van der Waals surface area contributed by atoms with Gasteiger partial charge in [0, 0.05) is 22.5 Å². The summed E-state index contributed by atoms with van der Waals surface area (Å²) in [5.41, 5.74) is 4.26. The fourth-order valence-corrected chi connectivity index (χ4v) is 2.82. The molecule has 0 N–H and O–H groups in total. The van der Waals surface area contributed by atoms with E-state index in [0.29, 0.717) is 0 Å². The summed E-state index contributed by atoms with van der Waals surface area (Å²) < 4.78 is 5.93. The number of fused-ring (bicyclic) bond motifs is 3. The fraction of sp³-hybridized carbons (Fsp3) is 0.0556. The van der Waals surface area contributed by atoms with Crippen LogP contribution < -0.4 is 0 Å². The number of aryl methyl sites for hydroxylation is 1. The van der Waals surface area contributed by atoms with Crippen LogP contribution in [0.25, 0.3) is 33.0 Å². The smallest absolute Gasteiger partial charge is 0.135 e. The lowest BCUT2D eigenvalue weighted by Crippen LogP contribution is -1.81. The van der Waals surface area contributed by atoms with Gasteiger partial charge in [-0.2, -0.15) is 0 Å². The highest BCUT2D eigenvalue weighted by Crippen LogP contribution is 2.38. The molecule has 20 heavy (non-hydrogen) atoms. The number of hydrogen-bond donors (Lipinski definition) is 0. The Kier molecular flexibility index (Phi) is 2.36. The van der Waals surface area contributed by atoms with Crippen LogP contribution in [0.15, 0.2) is 65.2 Å². The van der Waals surface area contributed by atoms with Gasteiger partial charge in [-0.05, 0) is 30.7 Å². The van der Waals surface area contributed by atoms with Crippen molar-refractivity contribution < 1.29 is 4.42 Å². The molecule has 4 rings (SSSR count). The van der Waals surface area contributed by atoms with Gasteiger partial charge in [0.15, 0.2) is 0 Å². The van der Waals surface area contributed by atoms with E-state index in [2.05, 4.69) is 35.3 Å². The van der Waals surface area contributed by atoms with Gasteiger partial charge in [-0.3, -0.25) is 4.98 Å². The highest BCUT2D eigenvalue weighted by Gasteiger charge is 2.15. The SMILES string of the molecule is Cc1oc2ccc3ncccc3c2c1-c1ccccc1. The largest absolute Gasteiger partial charge is 0.461 e. The molecule has 0 atom stereocenters. The van der Waals surface area contributed by atoms with Gasteiger partial charge in [0.25, 0.3) is 0 Å². The summed E-state index contributed by atoms with van der Waals surface area (Å²) in [7, 11) is 0. The number of benzene rings is 2. The highest BCUT2D eigenvalue weighted by molar-refractivity contribution is 6.12. The second kappa shape index (κ2) is 4.20. The molecule has 0 bridgehead atoms. The minimum atomic E-state index is 0.918. The van der Waals surface area contributed by atoms with Crippen molar-refractivity contribution in [2.24, 2.45) is 0 Å². The average Bonchev–Trinajstić information content (AvgIpc) is 2.84. The third kappa shape index (κ3) is 1.55. The summed E-state index contributed by atoms with van der Waals surface area (Å²) in [6.07, 6.45) is 1.82. The van der Waals surface area contributed by atoms with Gasteiger partial charge in [-0.15, -0.1) is 0 Å². The number of rotatable bonds is 1.